The summed E-state index contributed by atoms with van der Waals surface area (Å²) >= 11 is 23.9. The molecule has 12 heteroatoms. The lowest BCUT2D eigenvalue weighted by atomic mass is 10.2. The molecular formula is C17H9Cl4F3N4O. The molecule has 3 rings (SSSR count). The van der Waals surface area contributed by atoms with Gasteiger partial charge in [0.05, 0.1) is 26.3 Å². The van der Waals surface area contributed by atoms with E-state index in [1.807, 2.05) is 0 Å². The maximum Gasteiger partial charge on any atom is 0.417 e. The van der Waals surface area contributed by atoms with Crippen LogP contribution in [0.4, 0.5) is 18.9 Å². The van der Waals surface area contributed by atoms with E-state index in [1.165, 1.54) is 35.0 Å². The average molecular weight is 484 g/mol. The molecule has 3 aromatic rings. The summed E-state index contributed by atoms with van der Waals surface area (Å²) in [6, 6.07) is 6.53. The lowest BCUT2D eigenvalue weighted by molar-refractivity contribution is -0.137. The molecule has 0 atom stereocenters. The minimum Gasteiger partial charge on any atom is -0.295 e. The van der Waals surface area contributed by atoms with Crippen molar-refractivity contribution in [1.82, 2.24) is 15.0 Å². The van der Waals surface area contributed by atoms with E-state index in [4.69, 9.17) is 46.4 Å². The first-order valence-electron chi connectivity index (χ1n) is 7.69. The van der Waals surface area contributed by atoms with E-state index in [1.54, 1.807) is 0 Å². The number of hydrogen-bond donors (Lipinski definition) is 2. The number of rotatable bonds is 4. The van der Waals surface area contributed by atoms with Gasteiger partial charge in [0.2, 0.25) is 0 Å². The Balaban J connectivity index is 1.84. The van der Waals surface area contributed by atoms with Crippen LogP contribution >= 0.6 is 46.4 Å². The summed E-state index contributed by atoms with van der Waals surface area (Å²) in [7, 11) is 0. The monoisotopic (exact) mass is 482 g/mol. The first-order chi connectivity index (χ1) is 13.6. The number of nitrogens with zero attached hydrogens (tertiary/aromatic N) is 2. The van der Waals surface area contributed by atoms with Crippen LogP contribution in [-0.4, -0.2) is 15.5 Å². The van der Waals surface area contributed by atoms with E-state index < -0.39 is 17.6 Å². The molecule has 0 unspecified atom stereocenters. The second kappa shape index (κ2) is 8.31. The largest absolute Gasteiger partial charge is 0.417 e. The van der Waals surface area contributed by atoms with Crippen LogP contribution in [0.25, 0.3) is 5.82 Å². The smallest absolute Gasteiger partial charge is 0.295 e. The van der Waals surface area contributed by atoms with Gasteiger partial charge in [-0.05, 0) is 30.3 Å². The maximum absolute atomic E-state index is 12.8. The van der Waals surface area contributed by atoms with Crippen molar-refractivity contribution in [2.45, 2.75) is 6.18 Å². The van der Waals surface area contributed by atoms with E-state index >= 15 is 0 Å². The third kappa shape index (κ3) is 4.72. The molecule has 2 aromatic heterocycles. The molecular weight excluding hydrogens is 475 g/mol. The van der Waals surface area contributed by atoms with Crippen LogP contribution in [0.2, 0.25) is 20.1 Å². The number of benzene rings is 1. The number of amides is 1. The molecule has 2 N–H and O–H groups in total. The molecule has 0 aliphatic rings. The average Bonchev–Trinajstić information content (AvgIpc) is 3.09. The number of anilines is 1. The molecule has 2 heterocycles. The Morgan fingerprint density at radius 3 is 2.28 bits per heavy atom. The molecule has 0 bridgehead atoms. The molecule has 0 saturated carbocycles. The Bertz CT molecular complexity index is 1060. The van der Waals surface area contributed by atoms with Gasteiger partial charge in [-0.1, -0.05) is 46.4 Å². The number of nitrogens with one attached hydrogen (secondary N) is 2. The number of alkyl halides is 3. The van der Waals surface area contributed by atoms with Gasteiger partial charge >= 0.3 is 6.18 Å². The molecule has 0 aliphatic heterocycles. The van der Waals surface area contributed by atoms with Crippen molar-refractivity contribution in [3.8, 4) is 5.82 Å². The van der Waals surface area contributed by atoms with Crippen LogP contribution in [0.3, 0.4) is 0 Å². The number of halogens is 7. The van der Waals surface area contributed by atoms with E-state index in [0.717, 1.165) is 6.07 Å². The van der Waals surface area contributed by atoms with Crippen LogP contribution in [0, 0.1) is 0 Å². The van der Waals surface area contributed by atoms with Crippen molar-refractivity contribution < 1.29 is 18.0 Å². The van der Waals surface area contributed by atoms with Crippen molar-refractivity contribution in [3.05, 3.63) is 74.1 Å². The maximum atomic E-state index is 12.8. The molecule has 0 saturated heterocycles. The van der Waals surface area contributed by atoms with Crippen LogP contribution < -0.4 is 10.9 Å². The van der Waals surface area contributed by atoms with Gasteiger partial charge in [0, 0.05) is 17.4 Å². The molecule has 0 fully saturated rings. The Morgan fingerprint density at radius 1 is 1.03 bits per heavy atom. The van der Waals surface area contributed by atoms with Gasteiger partial charge in [0.25, 0.3) is 5.91 Å². The quantitative estimate of drug-likeness (QED) is 0.430. The highest BCUT2D eigenvalue weighted by atomic mass is 35.5. The minimum atomic E-state index is -4.59. The Morgan fingerprint density at radius 2 is 1.69 bits per heavy atom. The summed E-state index contributed by atoms with van der Waals surface area (Å²) in [5.74, 6) is -0.688. The van der Waals surface area contributed by atoms with E-state index in [0.29, 0.717) is 11.2 Å². The summed E-state index contributed by atoms with van der Waals surface area (Å²) in [6.45, 7) is 0. The highest BCUT2D eigenvalue weighted by molar-refractivity contribution is 6.41. The standard InChI is InChI=1S/C17H9Cl4F3N4O/c18-9-5-10(19)14(11(20)6-9)26-27-16(29)13-2-1-3-28(13)15-12(21)4-8(7-25-15)17(22,23)24/h1-7,26H,(H,27,29). The second-order valence-electron chi connectivity index (χ2n) is 5.61. The number of carbonyl (C=O) groups excluding carboxylic acids is 1. The second-order valence-corrected chi connectivity index (χ2v) is 7.27. The topological polar surface area (TPSA) is 59.0 Å². The predicted octanol–water partition coefficient (Wildman–Crippen LogP) is 6.26. The molecule has 1 amide bonds. The third-order valence-corrected chi connectivity index (χ3v) is 4.76. The van der Waals surface area contributed by atoms with Gasteiger partial charge in [-0.3, -0.25) is 20.2 Å². The number of aromatic nitrogens is 2. The van der Waals surface area contributed by atoms with Crippen molar-refractivity contribution in [1.29, 1.82) is 0 Å². The zero-order valence-electron chi connectivity index (χ0n) is 14.0. The van der Waals surface area contributed by atoms with E-state index in [9.17, 15) is 18.0 Å². The Labute approximate surface area is 182 Å². The summed E-state index contributed by atoms with van der Waals surface area (Å²) < 4.78 is 39.6. The summed E-state index contributed by atoms with van der Waals surface area (Å²) in [6.07, 6.45) is -2.53. The third-order valence-electron chi connectivity index (χ3n) is 3.67. The Hall–Kier alpha value is -2.13. The summed E-state index contributed by atoms with van der Waals surface area (Å²) in [5, 5.41) is 0.381. The molecule has 0 aliphatic carbocycles. The fourth-order valence-electron chi connectivity index (χ4n) is 2.36. The fourth-order valence-corrected chi connectivity index (χ4v) is 3.53. The van der Waals surface area contributed by atoms with Crippen LogP contribution in [0.15, 0.2) is 42.7 Å². The van der Waals surface area contributed by atoms with Crippen LogP contribution in [-0.2, 0) is 6.18 Å². The van der Waals surface area contributed by atoms with Gasteiger partial charge < -0.3 is 0 Å². The van der Waals surface area contributed by atoms with Gasteiger partial charge in [-0.2, -0.15) is 13.2 Å². The van der Waals surface area contributed by atoms with Crippen molar-refractivity contribution in [2.24, 2.45) is 0 Å². The van der Waals surface area contributed by atoms with E-state index in [-0.39, 0.29) is 32.3 Å². The van der Waals surface area contributed by atoms with Crippen molar-refractivity contribution >= 4 is 58.0 Å². The zero-order chi connectivity index (χ0) is 21.3. The first-order valence-corrected chi connectivity index (χ1v) is 9.20. The normalized spacial score (nSPS) is 11.4. The van der Waals surface area contributed by atoms with Gasteiger partial charge in [0.1, 0.15) is 5.69 Å². The molecule has 0 spiro atoms. The molecule has 29 heavy (non-hydrogen) atoms. The molecule has 0 radical (unpaired) electrons. The molecule has 152 valence electrons. The Kier molecular flexibility index (Phi) is 6.19. The van der Waals surface area contributed by atoms with Crippen LogP contribution in [0.5, 0.6) is 0 Å². The fraction of sp³-hybridized carbons (Fsp3) is 0.0588. The van der Waals surface area contributed by atoms with Crippen LogP contribution in [0.1, 0.15) is 16.1 Å². The number of hydrazine groups is 1. The van der Waals surface area contributed by atoms with Gasteiger partial charge in [0.15, 0.2) is 5.82 Å². The molecule has 5 nitrogen and oxygen atoms in total. The van der Waals surface area contributed by atoms with Crippen molar-refractivity contribution in [3.63, 3.8) is 0 Å². The van der Waals surface area contributed by atoms with Gasteiger partial charge in [-0.25, -0.2) is 4.98 Å². The van der Waals surface area contributed by atoms with Crippen molar-refractivity contribution in [2.75, 3.05) is 5.43 Å². The highest BCUT2D eigenvalue weighted by Gasteiger charge is 2.32. The predicted molar refractivity (Wildman–Crippen MR) is 106 cm³/mol. The number of pyridine rings is 1. The lowest BCUT2D eigenvalue weighted by Crippen LogP contribution is -2.31. The first kappa shape index (κ1) is 21.6. The minimum absolute atomic E-state index is 0.0441. The van der Waals surface area contributed by atoms with Gasteiger partial charge in [-0.15, -0.1) is 0 Å². The lowest BCUT2D eigenvalue weighted by Gasteiger charge is -2.14. The highest BCUT2D eigenvalue weighted by Crippen LogP contribution is 2.34. The SMILES string of the molecule is O=C(NNc1c(Cl)cc(Cl)cc1Cl)c1cccn1-c1ncc(C(F)(F)F)cc1Cl. The zero-order valence-corrected chi connectivity index (χ0v) is 17.0. The molecule has 1 aromatic carbocycles. The summed E-state index contributed by atoms with van der Waals surface area (Å²) in [4.78, 5) is 16.3. The number of carbonyl (C=O) groups is 1. The van der Waals surface area contributed by atoms with E-state index in [2.05, 4.69) is 15.8 Å². The summed E-state index contributed by atoms with van der Waals surface area (Å²) in [5.41, 5.74) is 4.24. The number of hydrogen-bond acceptors (Lipinski definition) is 3.